The number of morpholine rings is 1. The van der Waals surface area contributed by atoms with Crippen LogP contribution in [0.5, 0.6) is 5.75 Å². The monoisotopic (exact) mass is 474 g/mol. The van der Waals surface area contributed by atoms with Crippen molar-refractivity contribution in [1.82, 2.24) is 10.2 Å². The maximum Gasteiger partial charge on any atom is 0.416 e. The summed E-state index contributed by atoms with van der Waals surface area (Å²) in [7, 11) is 1.60. The summed E-state index contributed by atoms with van der Waals surface area (Å²) >= 11 is 0. The number of nitrogens with zero attached hydrogens (tertiary/aromatic N) is 1. The minimum absolute atomic E-state index is 0.0304. The zero-order valence-electron chi connectivity index (χ0n) is 18.6. The maximum absolute atomic E-state index is 13.0. The van der Waals surface area contributed by atoms with Crippen LogP contribution in [0.3, 0.4) is 0 Å². The van der Waals surface area contributed by atoms with Crippen LogP contribution in [0.1, 0.15) is 27.7 Å². The SMILES string of the molecule is COc1ccc([C@@H](CNC(=O)c2ccc(-c3cccc(C(F)(F)F)c3)o2)N2CCOCC2)cc1. The Morgan fingerprint density at radius 1 is 1.09 bits per heavy atom. The molecule has 6 nitrogen and oxygen atoms in total. The van der Waals surface area contributed by atoms with Crippen molar-refractivity contribution in [3.63, 3.8) is 0 Å². The summed E-state index contributed by atoms with van der Waals surface area (Å²) in [5.41, 5.74) is 0.491. The Balaban J connectivity index is 1.47. The number of halogens is 3. The molecule has 9 heteroatoms. The molecule has 3 aromatic rings. The number of carbonyl (C=O) groups excluding carboxylic acids is 1. The Kier molecular flexibility index (Phi) is 7.23. The Hall–Kier alpha value is -3.30. The van der Waals surface area contributed by atoms with Gasteiger partial charge in [0.25, 0.3) is 5.91 Å². The smallest absolute Gasteiger partial charge is 0.416 e. The molecule has 1 fully saturated rings. The molecule has 1 aliphatic rings. The van der Waals surface area contributed by atoms with Gasteiger partial charge in [0.15, 0.2) is 5.76 Å². The fraction of sp³-hybridized carbons (Fsp3) is 0.320. The predicted molar refractivity (Wildman–Crippen MR) is 120 cm³/mol. The fourth-order valence-electron chi connectivity index (χ4n) is 3.91. The number of rotatable bonds is 7. The lowest BCUT2D eigenvalue weighted by atomic mass is 10.0. The molecule has 4 rings (SSSR count). The second kappa shape index (κ2) is 10.3. The van der Waals surface area contributed by atoms with Crippen LogP contribution in [-0.2, 0) is 10.9 Å². The van der Waals surface area contributed by atoms with Gasteiger partial charge >= 0.3 is 6.18 Å². The number of methoxy groups -OCH3 is 1. The van der Waals surface area contributed by atoms with Gasteiger partial charge in [0.05, 0.1) is 31.9 Å². The average molecular weight is 474 g/mol. The first kappa shape index (κ1) is 23.8. The molecule has 1 saturated heterocycles. The molecule has 2 aromatic carbocycles. The average Bonchev–Trinajstić information content (AvgIpc) is 3.35. The molecule has 1 aliphatic heterocycles. The summed E-state index contributed by atoms with van der Waals surface area (Å²) < 4.78 is 55.3. The van der Waals surface area contributed by atoms with E-state index in [0.717, 1.165) is 36.5 Å². The van der Waals surface area contributed by atoms with E-state index in [-0.39, 0.29) is 23.1 Å². The van der Waals surface area contributed by atoms with Crippen LogP contribution in [0, 0.1) is 0 Å². The van der Waals surface area contributed by atoms with Crippen molar-refractivity contribution in [1.29, 1.82) is 0 Å². The van der Waals surface area contributed by atoms with Crippen LogP contribution in [0.2, 0.25) is 0 Å². The molecule has 0 radical (unpaired) electrons. The van der Waals surface area contributed by atoms with Gasteiger partial charge in [-0.15, -0.1) is 0 Å². The normalized spacial score (nSPS) is 15.6. The third-order valence-electron chi connectivity index (χ3n) is 5.75. The number of ether oxygens (including phenoxy) is 2. The lowest BCUT2D eigenvalue weighted by Gasteiger charge is -2.34. The minimum Gasteiger partial charge on any atom is -0.497 e. The Bertz CT molecular complexity index is 1110. The molecule has 34 heavy (non-hydrogen) atoms. The number of benzene rings is 2. The summed E-state index contributed by atoms with van der Waals surface area (Å²) in [6.45, 7) is 3.00. The molecule has 0 aliphatic carbocycles. The van der Waals surface area contributed by atoms with Crippen molar-refractivity contribution in [2.24, 2.45) is 0 Å². The van der Waals surface area contributed by atoms with Gasteiger partial charge in [-0.25, -0.2) is 0 Å². The Morgan fingerprint density at radius 2 is 1.82 bits per heavy atom. The van der Waals surface area contributed by atoms with Crippen molar-refractivity contribution in [2.75, 3.05) is 40.0 Å². The van der Waals surface area contributed by atoms with E-state index < -0.39 is 17.6 Å². The highest BCUT2D eigenvalue weighted by Gasteiger charge is 2.31. The quantitative estimate of drug-likeness (QED) is 0.534. The number of furan rings is 1. The van der Waals surface area contributed by atoms with Gasteiger partial charge < -0.3 is 19.2 Å². The first-order valence-electron chi connectivity index (χ1n) is 10.9. The van der Waals surface area contributed by atoms with Crippen molar-refractivity contribution in [3.05, 3.63) is 77.6 Å². The van der Waals surface area contributed by atoms with E-state index in [9.17, 15) is 18.0 Å². The summed E-state index contributed by atoms with van der Waals surface area (Å²) in [6, 6.07) is 15.3. The first-order valence-corrected chi connectivity index (χ1v) is 10.9. The predicted octanol–water partition coefficient (Wildman–Crippen LogP) is 4.78. The molecule has 1 amide bonds. The van der Waals surface area contributed by atoms with E-state index in [4.69, 9.17) is 13.9 Å². The van der Waals surface area contributed by atoms with Crippen LogP contribution in [-0.4, -0.2) is 50.8 Å². The Morgan fingerprint density at radius 3 is 2.50 bits per heavy atom. The van der Waals surface area contributed by atoms with Crippen molar-refractivity contribution in [3.8, 4) is 17.1 Å². The first-order chi connectivity index (χ1) is 16.3. The van der Waals surface area contributed by atoms with E-state index in [2.05, 4.69) is 10.2 Å². The summed E-state index contributed by atoms with van der Waals surface area (Å²) in [6.07, 6.45) is -4.46. The molecule has 0 saturated carbocycles. The van der Waals surface area contributed by atoms with E-state index in [1.54, 1.807) is 7.11 Å². The van der Waals surface area contributed by atoms with E-state index >= 15 is 0 Å². The van der Waals surface area contributed by atoms with Gasteiger partial charge in [-0.2, -0.15) is 13.2 Å². The molecule has 0 bridgehead atoms. The van der Waals surface area contributed by atoms with Crippen LogP contribution in [0.4, 0.5) is 13.2 Å². The zero-order valence-corrected chi connectivity index (χ0v) is 18.6. The van der Waals surface area contributed by atoms with Gasteiger partial charge in [-0.05, 0) is 42.0 Å². The van der Waals surface area contributed by atoms with Gasteiger partial charge in [0.1, 0.15) is 11.5 Å². The lowest BCUT2D eigenvalue weighted by molar-refractivity contribution is -0.137. The molecule has 1 N–H and O–H groups in total. The van der Waals surface area contributed by atoms with Crippen LogP contribution in [0.15, 0.2) is 65.1 Å². The summed E-state index contributed by atoms with van der Waals surface area (Å²) in [5, 5.41) is 2.90. The van der Waals surface area contributed by atoms with Crippen LogP contribution in [0.25, 0.3) is 11.3 Å². The van der Waals surface area contributed by atoms with Crippen molar-refractivity contribution in [2.45, 2.75) is 12.2 Å². The van der Waals surface area contributed by atoms with E-state index in [1.165, 1.54) is 24.3 Å². The highest BCUT2D eigenvalue weighted by molar-refractivity contribution is 5.92. The maximum atomic E-state index is 13.0. The molecule has 1 aromatic heterocycles. The molecule has 0 spiro atoms. The summed E-state index contributed by atoms with van der Waals surface area (Å²) in [4.78, 5) is 15.0. The highest BCUT2D eigenvalue weighted by atomic mass is 19.4. The topological polar surface area (TPSA) is 63.9 Å². The third kappa shape index (κ3) is 5.60. The number of hydrogen-bond donors (Lipinski definition) is 1. The molecular formula is C25H25F3N2O4. The minimum atomic E-state index is -4.46. The molecule has 1 atom stereocenters. The highest BCUT2D eigenvalue weighted by Crippen LogP contribution is 2.32. The van der Waals surface area contributed by atoms with Crippen LogP contribution < -0.4 is 10.1 Å². The number of alkyl halides is 3. The lowest BCUT2D eigenvalue weighted by Crippen LogP contribution is -2.43. The number of carbonyl (C=O) groups is 1. The van der Waals surface area contributed by atoms with Gasteiger partial charge in [-0.1, -0.05) is 24.3 Å². The number of nitrogens with one attached hydrogen (secondary N) is 1. The molecule has 2 heterocycles. The number of hydrogen-bond acceptors (Lipinski definition) is 5. The van der Waals surface area contributed by atoms with Gasteiger partial charge in [0, 0.05) is 25.2 Å². The van der Waals surface area contributed by atoms with Crippen LogP contribution >= 0.6 is 0 Å². The molecule has 0 unspecified atom stereocenters. The largest absolute Gasteiger partial charge is 0.497 e. The number of amides is 1. The third-order valence-corrected chi connectivity index (χ3v) is 5.75. The summed E-state index contributed by atoms with van der Waals surface area (Å²) in [5.74, 6) is 0.523. The molecular weight excluding hydrogens is 449 g/mol. The van der Waals surface area contributed by atoms with Crippen molar-refractivity contribution < 1.29 is 31.9 Å². The second-order valence-electron chi connectivity index (χ2n) is 7.89. The second-order valence-corrected chi connectivity index (χ2v) is 7.89. The van der Waals surface area contributed by atoms with E-state index in [0.29, 0.717) is 19.8 Å². The van der Waals surface area contributed by atoms with Gasteiger partial charge in [-0.3, -0.25) is 9.69 Å². The fourth-order valence-corrected chi connectivity index (χ4v) is 3.91. The van der Waals surface area contributed by atoms with Gasteiger partial charge in [0.2, 0.25) is 0 Å². The standard InChI is InChI=1S/C25H25F3N2O4/c1-32-20-7-5-17(6-8-20)21(30-11-13-33-14-12-30)16-29-24(31)23-10-9-22(34-23)18-3-2-4-19(15-18)25(26,27)28/h2-10,15,21H,11-14,16H2,1H3,(H,29,31)/t21-/m1/s1. The van der Waals surface area contributed by atoms with E-state index in [1.807, 2.05) is 24.3 Å². The molecule has 180 valence electrons. The Labute approximate surface area is 195 Å². The zero-order chi connectivity index (χ0) is 24.1. The van der Waals surface area contributed by atoms with Crippen molar-refractivity contribution >= 4 is 5.91 Å².